The van der Waals surface area contributed by atoms with Crippen LogP contribution in [-0.2, 0) is 4.74 Å². The van der Waals surface area contributed by atoms with Crippen LogP contribution in [0.25, 0.3) is 9.40 Å². The second kappa shape index (κ2) is 5.70. The van der Waals surface area contributed by atoms with Gasteiger partial charge in [0.1, 0.15) is 0 Å². The van der Waals surface area contributed by atoms with Gasteiger partial charge >= 0.3 is 0 Å². The minimum Gasteiger partial charge on any atom is -0.381 e. The lowest BCUT2D eigenvalue weighted by Gasteiger charge is -2.26. The summed E-state index contributed by atoms with van der Waals surface area (Å²) in [5.74, 6) is 0.816. The van der Waals surface area contributed by atoms with E-state index in [1.54, 1.807) is 0 Å². The third kappa shape index (κ3) is 2.62. The Morgan fingerprint density at radius 3 is 2.94 bits per heavy atom. The Morgan fingerprint density at radius 1 is 1.39 bits per heavy atom. The zero-order chi connectivity index (χ0) is 12.4. The van der Waals surface area contributed by atoms with Crippen molar-refractivity contribution in [3.05, 3.63) is 22.4 Å². The third-order valence-electron chi connectivity index (χ3n) is 3.76. The molecular weight excluding hydrogens is 262 g/mol. The number of hydrogen-bond acceptors (Lipinski definition) is 4. The van der Waals surface area contributed by atoms with Gasteiger partial charge in [-0.3, -0.25) is 0 Å². The van der Waals surface area contributed by atoms with Crippen LogP contribution in [0, 0.1) is 5.92 Å². The summed E-state index contributed by atoms with van der Waals surface area (Å²) in [5.41, 5.74) is 0. The van der Waals surface area contributed by atoms with Gasteiger partial charge in [0.2, 0.25) is 0 Å². The molecule has 2 aromatic rings. The van der Waals surface area contributed by atoms with Crippen molar-refractivity contribution in [2.45, 2.75) is 25.3 Å². The average molecular weight is 281 g/mol. The Morgan fingerprint density at radius 2 is 2.22 bits per heavy atom. The van der Waals surface area contributed by atoms with Gasteiger partial charge in [0.15, 0.2) is 0 Å². The molecule has 0 radical (unpaired) electrons. The van der Waals surface area contributed by atoms with Crippen LogP contribution in [0.2, 0.25) is 0 Å². The predicted molar refractivity (Wildman–Crippen MR) is 79.7 cm³/mol. The largest absolute Gasteiger partial charge is 0.381 e. The maximum absolute atomic E-state index is 5.44. The van der Waals surface area contributed by atoms with Crippen LogP contribution in [0.1, 0.15) is 30.2 Å². The fourth-order valence-corrected chi connectivity index (χ4v) is 4.89. The zero-order valence-corrected chi connectivity index (χ0v) is 12.3. The van der Waals surface area contributed by atoms with Crippen LogP contribution < -0.4 is 5.32 Å². The molecule has 98 valence electrons. The number of nitrogens with one attached hydrogen (secondary N) is 1. The highest BCUT2D eigenvalue weighted by atomic mass is 32.1. The lowest BCUT2D eigenvalue weighted by atomic mass is 9.92. The molecule has 3 heterocycles. The Hall–Kier alpha value is -0.420. The van der Waals surface area contributed by atoms with Crippen molar-refractivity contribution in [1.82, 2.24) is 5.32 Å². The molecule has 0 aliphatic carbocycles. The number of fused-ring (bicyclic) bond motifs is 1. The van der Waals surface area contributed by atoms with Crippen molar-refractivity contribution in [3.63, 3.8) is 0 Å². The molecule has 1 unspecified atom stereocenters. The maximum Gasteiger partial charge on any atom is 0.0468 e. The van der Waals surface area contributed by atoms with E-state index in [-0.39, 0.29) is 0 Å². The van der Waals surface area contributed by atoms with Gasteiger partial charge in [0.25, 0.3) is 0 Å². The van der Waals surface area contributed by atoms with Gasteiger partial charge in [-0.2, -0.15) is 0 Å². The Bertz CT molecular complexity index is 470. The SMILES string of the molecule is CNC(CC1CCOCC1)c1cc2sccc2s1. The van der Waals surface area contributed by atoms with Crippen molar-refractivity contribution >= 4 is 32.1 Å². The van der Waals surface area contributed by atoms with Crippen molar-refractivity contribution in [2.24, 2.45) is 5.92 Å². The summed E-state index contributed by atoms with van der Waals surface area (Å²) >= 11 is 3.79. The Kier molecular flexibility index (Phi) is 3.99. The van der Waals surface area contributed by atoms with Gasteiger partial charge in [-0.1, -0.05) is 0 Å². The molecule has 0 spiro atoms. The topological polar surface area (TPSA) is 21.3 Å². The summed E-state index contributed by atoms with van der Waals surface area (Å²) in [6.07, 6.45) is 3.68. The Balaban J connectivity index is 1.72. The van der Waals surface area contributed by atoms with Crippen molar-refractivity contribution in [2.75, 3.05) is 20.3 Å². The van der Waals surface area contributed by atoms with Crippen molar-refractivity contribution < 1.29 is 4.74 Å². The summed E-state index contributed by atoms with van der Waals surface area (Å²) in [4.78, 5) is 1.49. The van der Waals surface area contributed by atoms with E-state index in [1.807, 2.05) is 22.7 Å². The lowest BCUT2D eigenvalue weighted by Crippen LogP contribution is -2.23. The normalized spacial score (nSPS) is 19.4. The van der Waals surface area contributed by atoms with Crippen LogP contribution in [0.4, 0.5) is 0 Å². The molecule has 1 saturated heterocycles. The first-order chi connectivity index (χ1) is 8.86. The molecule has 0 amide bonds. The maximum atomic E-state index is 5.44. The van der Waals surface area contributed by atoms with E-state index in [4.69, 9.17) is 4.74 Å². The smallest absolute Gasteiger partial charge is 0.0468 e. The molecule has 2 aromatic heterocycles. The van der Waals surface area contributed by atoms with E-state index < -0.39 is 0 Å². The summed E-state index contributed by atoms with van der Waals surface area (Å²) in [5, 5.41) is 5.67. The molecule has 1 N–H and O–H groups in total. The lowest BCUT2D eigenvalue weighted by molar-refractivity contribution is 0.0609. The van der Waals surface area contributed by atoms with Gasteiger partial charge in [-0.05, 0) is 49.7 Å². The first-order valence-corrected chi connectivity index (χ1v) is 8.28. The summed E-state index contributed by atoms with van der Waals surface area (Å²) < 4.78 is 8.31. The predicted octanol–water partition coefficient (Wildman–Crippen LogP) is 4.04. The van der Waals surface area contributed by atoms with Gasteiger partial charge in [0.05, 0.1) is 0 Å². The minimum absolute atomic E-state index is 0.512. The Labute approximate surface area is 116 Å². The van der Waals surface area contributed by atoms with E-state index in [0.29, 0.717) is 6.04 Å². The summed E-state index contributed by atoms with van der Waals surface area (Å²) in [6, 6.07) is 5.11. The number of hydrogen-bond donors (Lipinski definition) is 1. The highest BCUT2D eigenvalue weighted by Gasteiger charge is 2.21. The molecule has 18 heavy (non-hydrogen) atoms. The molecule has 0 bridgehead atoms. The highest BCUT2D eigenvalue weighted by molar-refractivity contribution is 7.26. The molecule has 1 atom stereocenters. The number of rotatable bonds is 4. The van der Waals surface area contributed by atoms with E-state index in [2.05, 4.69) is 29.9 Å². The summed E-state index contributed by atoms with van der Waals surface area (Å²) in [7, 11) is 2.08. The van der Waals surface area contributed by atoms with Gasteiger partial charge in [0, 0.05) is 33.5 Å². The van der Waals surface area contributed by atoms with E-state index in [0.717, 1.165) is 19.1 Å². The fraction of sp³-hybridized carbons (Fsp3) is 0.571. The van der Waals surface area contributed by atoms with Crippen LogP contribution in [0.3, 0.4) is 0 Å². The van der Waals surface area contributed by atoms with Crippen LogP contribution in [-0.4, -0.2) is 20.3 Å². The van der Waals surface area contributed by atoms with Gasteiger partial charge in [-0.25, -0.2) is 0 Å². The van der Waals surface area contributed by atoms with Crippen LogP contribution in [0.5, 0.6) is 0 Å². The molecule has 1 aliphatic rings. The van der Waals surface area contributed by atoms with Crippen LogP contribution >= 0.6 is 22.7 Å². The molecule has 1 fully saturated rings. The molecule has 0 aromatic carbocycles. The van der Waals surface area contributed by atoms with E-state index in [9.17, 15) is 0 Å². The minimum atomic E-state index is 0.512. The highest BCUT2D eigenvalue weighted by Crippen LogP contribution is 2.36. The monoisotopic (exact) mass is 281 g/mol. The van der Waals surface area contributed by atoms with Crippen LogP contribution in [0.15, 0.2) is 17.5 Å². The molecule has 2 nitrogen and oxygen atoms in total. The molecule has 3 rings (SSSR count). The van der Waals surface area contributed by atoms with Crippen molar-refractivity contribution in [3.8, 4) is 0 Å². The molecule has 4 heteroatoms. The van der Waals surface area contributed by atoms with E-state index in [1.165, 1.54) is 33.5 Å². The quantitative estimate of drug-likeness (QED) is 0.913. The second-order valence-corrected chi connectivity index (χ2v) is 6.99. The number of ether oxygens (including phenoxy) is 1. The van der Waals surface area contributed by atoms with Crippen molar-refractivity contribution in [1.29, 1.82) is 0 Å². The fourth-order valence-electron chi connectivity index (χ4n) is 2.65. The number of thiophene rings is 2. The molecular formula is C14H19NOS2. The van der Waals surface area contributed by atoms with Gasteiger partial charge < -0.3 is 10.1 Å². The summed E-state index contributed by atoms with van der Waals surface area (Å²) in [6.45, 7) is 1.89. The molecule has 0 saturated carbocycles. The van der Waals surface area contributed by atoms with Gasteiger partial charge in [-0.15, -0.1) is 22.7 Å². The second-order valence-electron chi connectivity index (χ2n) is 4.93. The van der Waals surface area contributed by atoms with E-state index >= 15 is 0 Å². The standard InChI is InChI=1S/C14H19NOS2/c1-15-11(8-10-2-5-16-6-3-10)13-9-14-12(18-13)4-7-17-14/h4,7,9-11,15H,2-3,5-6,8H2,1H3. The molecule has 1 aliphatic heterocycles. The third-order valence-corrected chi connectivity index (χ3v) is 5.97. The first-order valence-electron chi connectivity index (χ1n) is 6.59. The first kappa shape index (κ1) is 12.6. The zero-order valence-electron chi connectivity index (χ0n) is 10.6. The average Bonchev–Trinajstić information content (AvgIpc) is 2.98.